The van der Waals surface area contributed by atoms with E-state index in [-0.39, 0.29) is 158 Å². The molecule has 3 fully saturated rings. The van der Waals surface area contributed by atoms with Crippen LogP contribution in [0.5, 0.6) is 0 Å². The lowest BCUT2D eigenvalue weighted by Gasteiger charge is -2.22. The number of rotatable bonds is 63. The summed E-state index contributed by atoms with van der Waals surface area (Å²) in [5.41, 5.74) is 0. The molecule has 6 atom stereocenters. The van der Waals surface area contributed by atoms with Crippen LogP contribution in [0.15, 0.2) is 0 Å². The number of aliphatic hydroxyl groups is 8. The maximum Gasteiger partial charge on any atom is 0.508 e. The lowest BCUT2D eigenvalue weighted by atomic mass is 10.2. The van der Waals surface area contributed by atoms with E-state index in [0.29, 0.717) is 90.3 Å². The number of hydrogen-bond donors (Lipinski definition) is 8. The quantitative estimate of drug-likeness (QED) is 0.0162. The number of unbranched alkanes of at least 4 members (excludes halogenated alkanes) is 9. The van der Waals surface area contributed by atoms with Gasteiger partial charge in [0.1, 0.15) is 32.2 Å². The van der Waals surface area contributed by atoms with E-state index in [4.69, 9.17) is 107 Å². The van der Waals surface area contributed by atoms with Gasteiger partial charge in [-0.25, -0.2) is 110 Å². The first-order chi connectivity index (χ1) is 69.6. The van der Waals surface area contributed by atoms with Crippen LogP contribution in [-0.4, -0.2) is 421 Å². The Morgan fingerprint density at radius 3 is 0.678 bits per heavy atom. The molecule has 0 radical (unpaired) electrons. The fourth-order valence-corrected chi connectivity index (χ4v) is 8.34. The lowest BCUT2D eigenvalue weighted by molar-refractivity contribution is -0.191. The van der Waals surface area contributed by atoms with Crippen LogP contribution in [0.25, 0.3) is 0 Å². The minimum absolute atomic E-state index is 0.0235. The summed E-state index contributed by atoms with van der Waals surface area (Å²) in [5, 5.41) is 66.2. The van der Waals surface area contributed by atoms with E-state index in [1.165, 1.54) is 27.7 Å². The first kappa shape index (κ1) is 138. The Hall–Kier alpha value is -13.9. The Balaban J connectivity index is -0.000000962. The molecule has 3 rings (SSSR count). The molecule has 8 N–H and O–H groups in total. The maximum absolute atomic E-state index is 11.7. The molecule has 0 aromatic rings. The van der Waals surface area contributed by atoms with Gasteiger partial charge in [-0.2, -0.15) is 0 Å². The average molecular weight is 2130 g/mol. The summed E-state index contributed by atoms with van der Waals surface area (Å²) >= 11 is 0. The third-order valence-electron chi connectivity index (χ3n) is 15.5. The zero-order valence-electron chi connectivity index (χ0n) is 81.5. The Labute approximate surface area is 834 Å². The van der Waals surface area contributed by atoms with Crippen molar-refractivity contribution in [1.29, 1.82) is 0 Å². The molecule has 3 aliphatic heterocycles. The first-order valence-electron chi connectivity index (χ1n) is 44.9. The minimum atomic E-state index is -1.46. The van der Waals surface area contributed by atoms with Gasteiger partial charge in [-0.1, -0.05) is 0 Å². The fourth-order valence-electron chi connectivity index (χ4n) is 8.34. The molecular weight excluding hydrogens is 2000 g/mol. The molecule has 3 heterocycles. The lowest BCUT2D eigenvalue weighted by Crippen LogP contribution is -2.40. The Morgan fingerprint density at radius 1 is 0.267 bits per heavy atom. The van der Waals surface area contributed by atoms with E-state index in [1.54, 1.807) is 0 Å². The summed E-state index contributed by atoms with van der Waals surface area (Å²) in [7, 11) is 0. The van der Waals surface area contributed by atoms with E-state index in [0.717, 1.165) is 33.1 Å². The van der Waals surface area contributed by atoms with Gasteiger partial charge in [-0.15, -0.1) is 0 Å². The number of esters is 16. The van der Waals surface area contributed by atoms with Crippen molar-refractivity contribution in [3.8, 4) is 0 Å². The SMILES string of the molecule is CC(O)C(=O)OC(C)C(=O)OCC(=O)OCC(=O)OCCCOC(=O)OCCCCCCOC(=O)OCCCOC(=O)COC(=O)COC(=O)C(C)OC(=O)C(C)O.CC1OC(=O)C(C)OC1=O.O=C(CO)OCC(=O)OCCCOC(=O)OCCCCCCOC(=O)OCCCOC(=O)COC(=O)CO.O=C(OCCCO)OCCCCCCOC(=O)OCCCO.O=C1COC(=O)CO1.O=C1OCCCO1.OCO. The highest BCUT2D eigenvalue weighted by atomic mass is 16.8. The van der Waals surface area contributed by atoms with Gasteiger partial charge in [0.15, 0.2) is 77.3 Å². The Bertz CT molecular complexity index is 3520. The van der Waals surface area contributed by atoms with Gasteiger partial charge < -0.3 is 183 Å². The van der Waals surface area contributed by atoms with E-state index in [2.05, 4.69) is 75.8 Å². The van der Waals surface area contributed by atoms with Crippen LogP contribution >= 0.6 is 0 Å². The largest absolute Gasteiger partial charge is 0.508 e. The summed E-state index contributed by atoms with van der Waals surface area (Å²) in [5.74, 6) is -13.7. The monoisotopic (exact) mass is 2130 g/mol. The van der Waals surface area contributed by atoms with Crippen molar-refractivity contribution in [2.75, 3.05) is 205 Å². The molecule has 0 aliphatic carbocycles. The van der Waals surface area contributed by atoms with Crippen molar-refractivity contribution in [3.63, 3.8) is 0 Å². The molecule has 61 nitrogen and oxygen atoms in total. The molecule has 6 unspecified atom stereocenters. The van der Waals surface area contributed by atoms with Gasteiger partial charge in [-0.05, 0) is 119 Å². The van der Waals surface area contributed by atoms with Gasteiger partial charge in [0, 0.05) is 58.2 Å². The predicted octanol–water partition coefficient (Wildman–Crippen LogP) is -0.652. The van der Waals surface area contributed by atoms with Crippen molar-refractivity contribution < 1.29 is 293 Å². The number of aliphatic hydroxyl groups excluding tert-OH is 7. The molecule has 3 aliphatic rings. The van der Waals surface area contributed by atoms with Crippen molar-refractivity contribution in [3.05, 3.63) is 0 Å². The molecule has 0 amide bonds. The molecular formula is C85H132O61. The van der Waals surface area contributed by atoms with Crippen LogP contribution in [-0.2, 0) is 219 Å². The number of ether oxygens (including phenoxy) is 30. The van der Waals surface area contributed by atoms with Gasteiger partial charge in [0.25, 0.3) is 0 Å². The van der Waals surface area contributed by atoms with Crippen molar-refractivity contribution in [2.24, 2.45) is 0 Å². The Morgan fingerprint density at radius 2 is 0.473 bits per heavy atom. The van der Waals surface area contributed by atoms with Crippen LogP contribution in [0.4, 0.5) is 33.6 Å². The summed E-state index contributed by atoms with van der Waals surface area (Å²) in [6.07, 6.45) is -2.53. The molecule has 838 valence electrons. The molecule has 0 saturated carbocycles. The van der Waals surface area contributed by atoms with E-state index < -0.39 is 235 Å². The molecule has 146 heavy (non-hydrogen) atoms. The molecule has 0 spiro atoms. The number of hydrogen-bond acceptors (Lipinski definition) is 61. The highest BCUT2D eigenvalue weighted by Gasteiger charge is 2.33. The molecule has 3 saturated heterocycles. The standard InChI is InChI=1S/C34H50O24.C22H34O16.C14H26O8.C6H8O4.C4H4O4.C4H6O3.CH4O2/c1-21(35)29(41)57-23(3)31(43)55-19-27(39)53-17-25(37)47-13-9-15-51-33(45)49-11-7-5-6-8-12-50-34(46)52-16-10-14-48-26(38)18-54-28(40)20-56-32(44)24(4)58-30(42)22(2)36;23-13-17(25)37-15-19(27)31-9-5-11-35-21(29)33-7-3-1-2-4-8-34-22(30)36-12-6-10-32-20(28)16-38-18(26)14-24;15-7-5-11-21-13(17)19-9-3-1-2-4-10-20-14(18)22-12-6-8-16;1-3-5(7)10-4(2)6(8)9-3;5-3-1-7-4(6)2-8-3;5-4-6-2-1-3-7-4;2-1-3/h21-24,35-36H,5-20H2,1-4H3;23-24H,1-16H2;15-16H,1-12H2;3-4H,1-2H3;1-2H2;1-3H2;2-3H,1H2. The molecule has 0 aromatic carbocycles. The zero-order valence-corrected chi connectivity index (χ0v) is 81.5. The van der Waals surface area contributed by atoms with Crippen LogP contribution in [0.3, 0.4) is 0 Å². The molecule has 0 aromatic heterocycles. The van der Waals surface area contributed by atoms with Crippen LogP contribution < -0.4 is 0 Å². The predicted molar refractivity (Wildman–Crippen MR) is 464 cm³/mol. The average Bonchev–Trinajstić information content (AvgIpc) is 0.868. The second-order valence-electron chi connectivity index (χ2n) is 28.0. The highest BCUT2D eigenvalue weighted by Crippen LogP contribution is 2.12. The summed E-state index contributed by atoms with van der Waals surface area (Å²) in [4.78, 5) is 256. The highest BCUT2D eigenvalue weighted by molar-refractivity contribution is 5.88. The smallest absolute Gasteiger partial charge is 0.463 e. The maximum atomic E-state index is 11.7. The van der Waals surface area contributed by atoms with E-state index in [9.17, 15) is 110 Å². The normalized spacial score (nSPS) is 13.5. The topological polar surface area (TPSA) is 831 Å². The molecule has 61 heteroatoms. The van der Waals surface area contributed by atoms with Crippen LogP contribution in [0.2, 0.25) is 0 Å². The second kappa shape index (κ2) is 94.7. The summed E-state index contributed by atoms with van der Waals surface area (Å²) in [6, 6.07) is 0. The van der Waals surface area contributed by atoms with Crippen LogP contribution in [0.1, 0.15) is 164 Å². The van der Waals surface area contributed by atoms with Crippen molar-refractivity contribution in [2.45, 2.75) is 200 Å². The van der Waals surface area contributed by atoms with Gasteiger partial charge in [-0.3, -0.25) is 0 Å². The number of cyclic esters (lactones) is 6. The first-order valence-corrected chi connectivity index (χ1v) is 44.9. The molecule has 0 bridgehead atoms. The fraction of sp³-hybridized carbons (Fsp3) is 0.729. The summed E-state index contributed by atoms with van der Waals surface area (Å²) < 4.78 is 140. The van der Waals surface area contributed by atoms with Crippen LogP contribution in [0, 0.1) is 0 Å². The van der Waals surface area contributed by atoms with E-state index in [1.807, 2.05) is 0 Å². The van der Waals surface area contributed by atoms with Gasteiger partial charge in [0.2, 0.25) is 0 Å². The number of carbonyl (C=O) groups excluding carboxylic acids is 23. The zero-order chi connectivity index (χ0) is 110. The van der Waals surface area contributed by atoms with Crippen molar-refractivity contribution in [1.82, 2.24) is 0 Å². The third kappa shape index (κ3) is 92.5. The van der Waals surface area contributed by atoms with Gasteiger partial charge >= 0.3 is 139 Å². The van der Waals surface area contributed by atoms with Gasteiger partial charge in [0.05, 0.1) is 119 Å². The number of carbonyl (C=O) groups is 23. The van der Waals surface area contributed by atoms with Crippen molar-refractivity contribution >= 4 is 139 Å². The second-order valence-corrected chi connectivity index (χ2v) is 28.0. The Kier molecular flexibility index (Phi) is 89.7. The third-order valence-corrected chi connectivity index (χ3v) is 15.5. The summed E-state index contributed by atoms with van der Waals surface area (Å²) in [6.45, 7) is 1.61. The minimum Gasteiger partial charge on any atom is -0.463 e. The van der Waals surface area contributed by atoms with E-state index >= 15 is 0 Å².